The van der Waals surface area contributed by atoms with Crippen molar-refractivity contribution in [2.75, 3.05) is 27.9 Å². The van der Waals surface area contributed by atoms with Crippen LogP contribution in [0.1, 0.15) is 27.9 Å². The lowest BCUT2D eigenvalue weighted by Gasteiger charge is -2.12. The van der Waals surface area contributed by atoms with Crippen LogP contribution in [-0.2, 0) is 11.3 Å². The third-order valence-corrected chi connectivity index (χ3v) is 3.67. The quantitative estimate of drug-likeness (QED) is 0.614. The lowest BCUT2D eigenvalue weighted by Crippen LogP contribution is -2.19. The summed E-state index contributed by atoms with van der Waals surface area (Å²) in [4.78, 5) is 12.0. The molecule has 0 aliphatic heterocycles. The average Bonchev–Trinajstić information content (AvgIpc) is 2.69. The molecule has 0 atom stereocenters. The van der Waals surface area contributed by atoms with Gasteiger partial charge in [-0.1, -0.05) is 42.2 Å². The Bertz CT molecular complexity index is 791. The van der Waals surface area contributed by atoms with Crippen LogP contribution in [-0.4, -0.2) is 33.8 Å². The van der Waals surface area contributed by atoms with E-state index in [4.69, 9.17) is 14.2 Å². The lowest BCUT2D eigenvalue weighted by atomic mass is 10.1. The molecule has 0 aliphatic carbocycles. The van der Waals surface area contributed by atoms with Gasteiger partial charge in [0.05, 0.1) is 33.0 Å². The van der Waals surface area contributed by atoms with Gasteiger partial charge in [-0.3, -0.25) is 4.79 Å². The highest BCUT2D eigenvalue weighted by Gasteiger charge is 2.17. The van der Waals surface area contributed by atoms with Gasteiger partial charge in [0.25, 0.3) is 5.91 Å². The summed E-state index contributed by atoms with van der Waals surface area (Å²) in [5, 5.41) is 2.59. The SMILES string of the molecule is CNC(=O)c1cc(C#CCCOCc2ccccc2)cc(OC)c1OC. The number of rotatable bonds is 7. The van der Waals surface area contributed by atoms with Crippen molar-refractivity contribution >= 4 is 5.91 Å². The van der Waals surface area contributed by atoms with Crippen molar-refractivity contribution in [3.8, 4) is 23.3 Å². The molecule has 136 valence electrons. The van der Waals surface area contributed by atoms with Crippen LogP contribution in [0.15, 0.2) is 42.5 Å². The topological polar surface area (TPSA) is 56.8 Å². The first kappa shape index (κ1) is 19.4. The Morgan fingerprint density at radius 1 is 1.12 bits per heavy atom. The summed E-state index contributed by atoms with van der Waals surface area (Å²) in [7, 11) is 4.59. The molecule has 5 nitrogen and oxygen atoms in total. The zero-order chi connectivity index (χ0) is 18.8. The first-order valence-electron chi connectivity index (χ1n) is 8.28. The van der Waals surface area contributed by atoms with Crippen LogP contribution in [0.4, 0.5) is 0 Å². The highest BCUT2D eigenvalue weighted by molar-refractivity contribution is 5.98. The molecule has 2 aromatic rings. The molecule has 0 aliphatic rings. The van der Waals surface area contributed by atoms with Crippen LogP contribution < -0.4 is 14.8 Å². The minimum absolute atomic E-state index is 0.255. The summed E-state index contributed by atoms with van der Waals surface area (Å²) < 4.78 is 16.2. The molecule has 0 unspecified atom stereocenters. The normalized spacial score (nSPS) is 9.81. The van der Waals surface area contributed by atoms with Crippen LogP contribution in [0.5, 0.6) is 11.5 Å². The van der Waals surface area contributed by atoms with Gasteiger partial charge < -0.3 is 19.5 Å². The molecular weight excluding hydrogens is 330 g/mol. The summed E-state index contributed by atoms with van der Waals surface area (Å²) in [6.07, 6.45) is 0.594. The fourth-order valence-electron chi connectivity index (χ4n) is 2.39. The molecule has 2 aromatic carbocycles. The van der Waals surface area contributed by atoms with Gasteiger partial charge in [0, 0.05) is 19.0 Å². The molecule has 0 spiro atoms. The number of ether oxygens (including phenoxy) is 3. The molecule has 0 aromatic heterocycles. The van der Waals surface area contributed by atoms with Crippen LogP contribution in [0, 0.1) is 11.8 Å². The molecule has 0 saturated carbocycles. The van der Waals surface area contributed by atoms with Crippen molar-refractivity contribution in [3.05, 3.63) is 59.2 Å². The van der Waals surface area contributed by atoms with Gasteiger partial charge in [0.2, 0.25) is 0 Å². The lowest BCUT2D eigenvalue weighted by molar-refractivity contribution is 0.0959. The molecule has 0 radical (unpaired) electrons. The van der Waals surface area contributed by atoms with E-state index in [2.05, 4.69) is 17.2 Å². The number of hydrogen-bond donors (Lipinski definition) is 1. The predicted octanol–water partition coefficient (Wildman–Crippen LogP) is 3.02. The summed E-state index contributed by atoms with van der Waals surface area (Å²) >= 11 is 0. The minimum atomic E-state index is -0.255. The third-order valence-electron chi connectivity index (χ3n) is 3.67. The first-order valence-corrected chi connectivity index (χ1v) is 8.28. The molecule has 26 heavy (non-hydrogen) atoms. The molecule has 0 fully saturated rings. The van der Waals surface area contributed by atoms with Gasteiger partial charge in [-0.2, -0.15) is 0 Å². The van der Waals surface area contributed by atoms with E-state index in [-0.39, 0.29) is 5.91 Å². The zero-order valence-corrected chi connectivity index (χ0v) is 15.3. The largest absolute Gasteiger partial charge is 0.493 e. The van der Waals surface area contributed by atoms with Gasteiger partial charge in [-0.05, 0) is 17.7 Å². The average molecular weight is 353 g/mol. The van der Waals surface area contributed by atoms with E-state index in [1.54, 1.807) is 19.2 Å². The van der Waals surface area contributed by atoms with Crippen molar-refractivity contribution in [3.63, 3.8) is 0 Å². The van der Waals surface area contributed by atoms with Crippen molar-refractivity contribution < 1.29 is 19.0 Å². The second kappa shape index (κ2) is 10.1. The molecule has 5 heteroatoms. The number of nitrogens with one attached hydrogen (secondary N) is 1. The van der Waals surface area contributed by atoms with E-state index >= 15 is 0 Å². The van der Waals surface area contributed by atoms with Crippen LogP contribution in [0.2, 0.25) is 0 Å². The number of methoxy groups -OCH3 is 2. The summed E-state index contributed by atoms with van der Waals surface area (Å²) in [6, 6.07) is 13.4. The second-order valence-electron chi connectivity index (χ2n) is 5.43. The fourth-order valence-corrected chi connectivity index (χ4v) is 2.39. The molecule has 0 saturated heterocycles. The second-order valence-corrected chi connectivity index (χ2v) is 5.43. The molecule has 1 N–H and O–H groups in total. The number of benzene rings is 2. The van der Waals surface area contributed by atoms with Crippen molar-refractivity contribution in [1.29, 1.82) is 0 Å². The maximum absolute atomic E-state index is 12.0. The number of carbonyl (C=O) groups excluding carboxylic acids is 1. The number of hydrogen-bond acceptors (Lipinski definition) is 4. The maximum atomic E-state index is 12.0. The Morgan fingerprint density at radius 2 is 1.88 bits per heavy atom. The summed E-state index contributed by atoms with van der Waals surface area (Å²) in [5.41, 5.74) is 2.21. The van der Waals surface area contributed by atoms with Gasteiger partial charge in [-0.25, -0.2) is 0 Å². The summed E-state index contributed by atoms with van der Waals surface area (Å²) in [6.45, 7) is 1.11. The van der Waals surface area contributed by atoms with Crippen LogP contribution >= 0.6 is 0 Å². The van der Waals surface area contributed by atoms with Gasteiger partial charge >= 0.3 is 0 Å². The van der Waals surface area contributed by atoms with E-state index < -0.39 is 0 Å². The van der Waals surface area contributed by atoms with Crippen molar-refractivity contribution in [2.45, 2.75) is 13.0 Å². The Balaban J connectivity index is 2.00. The van der Waals surface area contributed by atoms with Crippen LogP contribution in [0.3, 0.4) is 0 Å². The van der Waals surface area contributed by atoms with Crippen molar-refractivity contribution in [2.24, 2.45) is 0 Å². The highest BCUT2D eigenvalue weighted by Crippen LogP contribution is 2.32. The Labute approximate surface area is 154 Å². The predicted molar refractivity (Wildman–Crippen MR) is 101 cm³/mol. The van der Waals surface area contributed by atoms with Crippen LogP contribution in [0.25, 0.3) is 0 Å². The molecule has 0 bridgehead atoms. The third kappa shape index (κ3) is 5.27. The van der Waals surface area contributed by atoms with E-state index in [1.807, 2.05) is 30.3 Å². The van der Waals surface area contributed by atoms with E-state index in [9.17, 15) is 4.79 Å². The van der Waals surface area contributed by atoms with Gasteiger partial charge in [0.15, 0.2) is 11.5 Å². The van der Waals surface area contributed by atoms with E-state index in [0.717, 1.165) is 5.56 Å². The monoisotopic (exact) mass is 353 g/mol. The smallest absolute Gasteiger partial charge is 0.254 e. The summed E-state index contributed by atoms with van der Waals surface area (Å²) in [5.74, 6) is 6.71. The number of amides is 1. The first-order chi connectivity index (χ1) is 12.7. The Kier molecular flexibility index (Phi) is 7.53. The maximum Gasteiger partial charge on any atom is 0.254 e. The standard InChI is InChI=1S/C21H23NO4/c1-22-21(23)18-13-17(14-19(24-2)20(18)25-3)11-7-8-12-26-15-16-9-5-4-6-10-16/h4-6,9-10,13-14H,8,12,15H2,1-3H3,(H,22,23). The Morgan fingerprint density at radius 3 is 2.54 bits per heavy atom. The molecule has 0 heterocycles. The van der Waals surface area contributed by atoms with Gasteiger partial charge in [0.1, 0.15) is 0 Å². The van der Waals surface area contributed by atoms with Gasteiger partial charge in [-0.15, -0.1) is 0 Å². The molecule has 1 amide bonds. The van der Waals surface area contributed by atoms with E-state index in [0.29, 0.717) is 42.3 Å². The Hall–Kier alpha value is -2.97. The molecular formula is C21H23NO4. The minimum Gasteiger partial charge on any atom is -0.493 e. The fraction of sp³-hybridized carbons (Fsp3) is 0.286. The van der Waals surface area contributed by atoms with Crippen molar-refractivity contribution in [1.82, 2.24) is 5.32 Å². The highest BCUT2D eigenvalue weighted by atomic mass is 16.5. The van der Waals surface area contributed by atoms with E-state index in [1.165, 1.54) is 14.2 Å². The molecule has 2 rings (SSSR count). The number of carbonyl (C=O) groups is 1. The zero-order valence-electron chi connectivity index (χ0n) is 15.3.